The standard InChI is InChI=1S/C35H34FN7O3S2/c1-5-6-9-17-43(31-18-23(2)33(42-41-31)40-35-39-27-12-7-8-13-30(27)48-35)25(20-32-38-28(22-47-32)34(44)45-4)21-46-29-15-14-24(19-26(29)36)11-10-16-37-3/h1,7-8,12-15,18-19,22,25,37H,6,9,16-17,20-21H2,2-4H3,(H,39,40,42). The van der Waals surface area contributed by atoms with Crippen molar-refractivity contribution in [3.8, 4) is 29.9 Å². The Balaban J connectivity index is 1.43. The first-order valence-electron chi connectivity index (χ1n) is 15.1. The molecule has 0 aliphatic carbocycles. The molecule has 10 nitrogen and oxygen atoms in total. The molecule has 2 aromatic carbocycles. The molecule has 1 unspecified atom stereocenters. The van der Waals surface area contributed by atoms with Crippen LogP contribution in [0.2, 0.25) is 0 Å². The SMILES string of the molecule is C#CCCCN(c1cc(C)c(Nc2nc3ccccc3s2)nn1)C(COc1ccc(C#CCNC)cc1F)Cc1nc(C(=O)OC)cs1. The number of fused-ring (bicyclic) bond motifs is 1. The van der Waals surface area contributed by atoms with Crippen molar-refractivity contribution in [3.05, 3.63) is 81.6 Å². The highest BCUT2D eigenvalue weighted by atomic mass is 32.1. The van der Waals surface area contributed by atoms with Crippen LogP contribution in [0.15, 0.2) is 53.9 Å². The Morgan fingerprint density at radius 2 is 2.02 bits per heavy atom. The van der Waals surface area contributed by atoms with Gasteiger partial charge in [-0.1, -0.05) is 35.3 Å². The topological polar surface area (TPSA) is 114 Å². The summed E-state index contributed by atoms with van der Waals surface area (Å²) in [5.74, 6) is 8.77. The molecule has 5 aromatic rings. The molecule has 48 heavy (non-hydrogen) atoms. The third-order valence-corrected chi connectivity index (χ3v) is 8.99. The molecule has 0 saturated heterocycles. The number of halogens is 1. The predicted octanol–water partition coefficient (Wildman–Crippen LogP) is 6.00. The summed E-state index contributed by atoms with van der Waals surface area (Å²) in [6.07, 6.45) is 7.19. The second-order valence-corrected chi connectivity index (χ2v) is 12.6. The number of terminal acetylenes is 1. The second-order valence-electron chi connectivity index (χ2n) is 10.6. The van der Waals surface area contributed by atoms with E-state index in [4.69, 9.17) is 15.9 Å². The lowest BCUT2D eigenvalue weighted by Gasteiger charge is -2.32. The van der Waals surface area contributed by atoms with Crippen molar-refractivity contribution < 1.29 is 18.7 Å². The number of rotatable bonds is 14. The van der Waals surface area contributed by atoms with Crippen LogP contribution in [-0.2, 0) is 11.2 Å². The number of carbonyl (C=O) groups excluding carboxylic acids is 1. The van der Waals surface area contributed by atoms with Crippen molar-refractivity contribution in [1.82, 2.24) is 25.5 Å². The molecular formula is C35H34FN7O3S2. The summed E-state index contributed by atoms with van der Waals surface area (Å²) >= 11 is 2.87. The summed E-state index contributed by atoms with van der Waals surface area (Å²) in [5.41, 5.74) is 2.52. The molecule has 0 saturated carbocycles. The number of thiazole rings is 2. The fraction of sp³-hybridized carbons (Fsp3) is 0.286. The maximum atomic E-state index is 15.1. The quantitative estimate of drug-likeness (QED) is 0.0821. The molecule has 0 amide bonds. The van der Waals surface area contributed by atoms with Gasteiger partial charge in [0.15, 0.2) is 34.0 Å². The zero-order valence-electron chi connectivity index (χ0n) is 26.7. The average molecular weight is 684 g/mol. The Hall–Kier alpha value is -5.08. The summed E-state index contributed by atoms with van der Waals surface area (Å²) in [6.45, 7) is 3.04. The Bertz CT molecular complexity index is 1950. The number of nitrogens with one attached hydrogen (secondary N) is 2. The number of aryl methyl sites for hydroxylation is 1. The molecule has 0 aliphatic heterocycles. The lowest BCUT2D eigenvalue weighted by Crippen LogP contribution is -2.42. The van der Waals surface area contributed by atoms with Gasteiger partial charge in [-0.15, -0.1) is 33.9 Å². The van der Waals surface area contributed by atoms with Crippen LogP contribution in [0.1, 0.15) is 39.5 Å². The molecule has 0 bridgehead atoms. The van der Waals surface area contributed by atoms with Gasteiger partial charge in [0.05, 0.1) is 34.9 Å². The highest BCUT2D eigenvalue weighted by Gasteiger charge is 2.25. The van der Waals surface area contributed by atoms with Crippen LogP contribution in [0.4, 0.5) is 21.2 Å². The third kappa shape index (κ3) is 8.83. The minimum Gasteiger partial charge on any atom is -0.488 e. The predicted molar refractivity (Wildman–Crippen MR) is 189 cm³/mol. The molecule has 3 aromatic heterocycles. The summed E-state index contributed by atoms with van der Waals surface area (Å²) in [6, 6.07) is 14.1. The number of methoxy groups -OCH3 is 1. The van der Waals surface area contributed by atoms with E-state index in [-0.39, 0.29) is 24.1 Å². The van der Waals surface area contributed by atoms with Crippen LogP contribution >= 0.6 is 22.7 Å². The van der Waals surface area contributed by atoms with Gasteiger partial charge in [-0.05, 0) is 62.4 Å². The molecule has 3 heterocycles. The van der Waals surface area contributed by atoms with Gasteiger partial charge in [-0.3, -0.25) is 0 Å². The van der Waals surface area contributed by atoms with E-state index in [0.29, 0.717) is 59.7 Å². The summed E-state index contributed by atoms with van der Waals surface area (Å²) < 4.78 is 27.2. The largest absolute Gasteiger partial charge is 0.488 e. The third-order valence-electron chi connectivity index (χ3n) is 7.16. The number of aromatic nitrogens is 4. The lowest BCUT2D eigenvalue weighted by molar-refractivity contribution is 0.0594. The molecular weight excluding hydrogens is 650 g/mol. The fourth-order valence-corrected chi connectivity index (χ4v) is 6.48. The van der Waals surface area contributed by atoms with Crippen LogP contribution in [0.5, 0.6) is 5.75 Å². The van der Waals surface area contributed by atoms with Crippen molar-refractivity contribution >= 4 is 55.6 Å². The van der Waals surface area contributed by atoms with E-state index in [2.05, 4.69) is 48.6 Å². The zero-order valence-corrected chi connectivity index (χ0v) is 28.4. The van der Waals surface area contributed by atoms with Gasteiger partial charge in [0.25, 0.3) is 0 Å². The zero-order chi connectivity index (χ0) is 33.9. The number of esters is 1. The highest BCUT2D eigenvalue weighted by molar-refractivity contribution is 7.22. The van der Waals surface area contributed by atoms with Crippen molar-refractivity contribution in [2.75, 3.05) is 44.1 Å². The van der Waals surface area contributed by atoms with Crippen molar-refractivity contribution in [1.29, 1.82) is 0 Å². The summed E-state index contributed by atoms with van der Waals surface area (Å²) in [5, 5.41) is 18.4. The highest BCUT2D eigenvalue weighted by Crippen LogP contribution is 2.30. The summed E-state index contributed by atoms with van der Waals surface area (Å²) in [4.78, 5) is 23.3. The van der Waals surface area contributed by atoms with Crippen molar-refractivity contribution in [2.24, 2.45) is 0 Å². The molecule has 0 radical (unpaired) electrons. The molecule has 5 rings (SSSR count). The smallest absolute Gasteiger partial charge is 0.357 e. The number of anilines is 3. The maximum absolute atomic E-state index is 15.1. The number of hydrogen-bond acceptors (Lipinski definition) is 12. The van der Waals surface area contributed by atoms with E-state index < -0.39 is 11.8 Å². The fourth-order valence-electron chi connectivity index (χ4n) is 4.78. The Morgan fingerprint density at radius 1 is 1.17 bits per heavy atom. The van der Waals surface area contributed by atoms with Crippen LogP contribution < -0.4 is 20.3 Å². The second kappa shape index (κ2) is 16.7. The first-order chi connectivity index (χ1) is 23.4. The van der Waals surface area contributed by atoms with Gasteiger partial charge in [0.1, 0.15) is 6.61 Å². The molecule has 2 N–H and O–H groups in total. The number of unbranched alkanes of at least 4 members (excludes halogenated alkanes) is 1. The van der Waals surface area contributed by atoms with E-state index in [9.17, 15) is 4.79 Å². The van der Waals surface area contributed by atoms with Crippen LogP contribution in [0.25, 0.3) is 10.2 Å². The number of benzene rings is 2. The molecule has 0 fully saturated rings. The lowest BCUT2D eigenvalue weighted by atomic mass is 10.1. The molecule has 13 heteroatoms. The van der Waals surface area contributed by atoms with Gasteiger partial charge >= 0.3 is 5.97 Å². The number of hydrogen-bond donors (Lipinski definition) is 2. The summed E-state index contributed by atoms with van der Waals surface area (Å²) in [7, 11) is 3.11. The van der Waals surface area contributed by atoms with E-state index >= 15 is 4.39 Å². The Morgan fingerprint density at radius 3 is 2.77 bits per heavy atom. The minimum absolute atomic E-state index is 0.0807. The number of para-hydroxylation sites is 1. The van der Waals surface area contributed by atoms with Crippen molar-refractivity contribution in [2.45, 2.75) is 32.2 Å². The first kappa shape index (κ1) is 34.3. The number of carbonyl (C=O) groups is 1. The number of nitrogens with zero attached hydrogens (tertiary/aromatic N) is 5. The minimum atomic E-state index is -0.521. The first-order valence-corrected chi connectivity index (χ1v) is 16.8. The van der Waals surface area contributed by atoms with E-state index in [1.54, 1.807) is 24.6 Å². The van der Waals surface area contributed by atoms with Crippen LogP contribution in [-0.4, -0.2) is 66.0 Å². The normalized spacial score (nSPS) is 11.3. The van der Waals surface area contributed by atoms with E-state index in [1.165, 1.54) is 35.8 Å². The maximum Gasteiger partial charge on any atom is 0.357 e. The Kier molecular flexibility index (Phi) is 11.9. The van der Waals surface area contributed by atoms with E-state index in [1.807, 2.05) is 42.2 Å². The van der Waals surface area contributed by atoms with Gasteiger partial charge in [0, 0.05) is 30.3 Å². The molecule has 246 valence electrons. The average Bonchev–Trinajstić information content (AvgIpc) is 3.73. The Labute approximate surface area is 286 Å². The van der Waals surface area contributed by atoms with Crippen molar-refractivity contribution in [3.63, 3.8) is 0 Å². The monoisotopic (exact) mass is 683 g/mol. The van der Waals surface area contributed by atoms with Gasteiger partial charge in [0.2, 0.25) is 0 Å². The van der Waals surface area contributed by atoms with Gasteiger partial charge in [-0.2, -0.15) is 0 Å². The van der Waals surface area contributed by atoms with Crippen LogP contribution in [0, 0.1) is 36.9 Å². The molecule has 0 aliphatic rings. The van der Waals surface area contributed by atoms with Gasteiger partial charge < -0.3 is 25.0 Å². The molecule has 0 spiro atoms. The molecule has 1 atom stereocenters. The van der Waals surface area contributed by atoms with Gasteiger partial charge in [-0.25, -0.2) is 19.2 Å². The van der Waals surface area contributed by atoms with E-state index in [0.717, 1.165) is 15.8 Å². The van der Waals surface area contributed by atoms with Crippen LogP contribution in [0.3, 0.4) is 0 Å². The number of ether oxygens (including phenoxy) is 2.